The van der Waals surface area contributed by atoms with E-state index in [0.717, 1.165) is 28.1 Å². The van der Waals surface area contributed by atoms with Gasteiger partial charge in [-0.25, -0.2) is 4.98 Å². The van der Waals surface area contributed by atoms with E-state index < -0.39 is 0 Å². The Morgan fingerprint density at radius 2 is 1.93 bits per heavy atom. The minimum absolute atomic E-state index is 0.217. The Bertz CT molecular complexity index is 1180. The van der Waals surface area contributed by atoms with Gasteiger partial charge in [-0.3, -0.25) is 10.1 Å². The van der Waals surface area contributed by atoms with Gasteiger partial charge in [0.1, 0.15) is 17.3 Å². The molecule has 0 saturated carbocycles. The average Bonchev–Trinajstić information content (AvgIpc) is 3.33. The normalized spacial score (nSPS) is 10.9. The Kier molecular flexibility index (Phi) is 4.95. The number of nitrogens with zero attached hydrogens (tertiary/aromatic N) is 2. The van der Waals surface area contributed by atoms with Gasteiger partial charge >= 0.3 is 0 Å². The van der Waals surface area contributed by atoms with Crippen molar-refractivity contribution >= 4 is 22.9 Å². The fraction of sp³-hybridized carbons (Fsp3) is 0.182. The second kappa shape index (κ2) is 7.71. The molecular weight excluding hydrogens is 370 g/mol. The lowest BCUT2D eigenvalue weighted by atomic mass is 10.1. The summed E-state index contributed by atoms with van der Waals surface area (Å²) in [6.45, 7) is 0. The molecule has 148 valence electrons. The van der Waals surface area contributed by atoms with E-state index in [1.807, 2.05) is 54.1 Å². The highest BCUT2D eigenvalue weighted by atomic mass is 16.5. The number of para-hydroxylation sites is 2. The summed E-state index contributed by atoms with van der Waals surface area (Å²) in [6, 6.07) is 16.7. The number of aromatic nitrogens is 2. The van der Waals surface area contributed by atoms with Crippen LogP contribution < -0.4 is 14.8 Å². The van der Waals surface area contributed by atoms with E-state index in [2.05, 4.69) is 10.3 Å². The minimum atomic E-state index is -0.354. The molecule has 0 unspecified atom stereocenters. The summed E-state index contributed by atoms with van der Waals surface area (Å²) in [6.07, 6.45) is 0.472. The van der Waals surface area contributed by atoms with Crippen LogP contribution >= 0.6 is 0 Å². The molecule has 2 heterocycles. The molecule has 0 radical (unpaired) electrons. The van der Waals surface area contributed by atoms with Gasteiger partial charge in [0.15, 0.2) is 5.76 Å². The molecule has 0 aliphatic heterocycles. The Morgan fingerprint density at radius 3 is 2.69 bits per heavy atom. The summed E-state index contributed by atoms with van der Waals surface area (Å²) in [7, 11) is 5.08. The van der Waals surface area contributed by atoms with E-state index in [9.17, 15) is 4.79 Å². The lowest BCUT2D eigenvalue weighted by molar-refractivity contribution is 0.0994. The van der Waals surface area contributed by atoms with Gasteiger partial charge in [-0.15, -0.1) is 0 Å². The molecule has 29 heavy (non-hydrogen) atoms. The Morgan fingerprint density at radius 1 is 1.10 bits per heavy atom. The quantitative estimate of drug-likeness (QED) is 0.537. The van der Waals surface area contributed by atoms with Crippen molar-refractivity contribution < 1.29 is 18.7 Å². The molecule has 4 aromatic rings. The van der Waals surface area contributed by atoms with Gasteiger partial charge in [-0.1, -0.05) is 12.1 Å². The third kappa shape index (κ3) is 3.67. The summed E-state index contributed by atoms with van der Waals surface area (Å²) >= 11 is 0. The number of fused-ring (bicyclic) bond motifs is 1. The van der Waals surface area contributed by atoms with E-state index in [-0.39, 0.29) is 11.7 Å². The highest BCUT2D eigenvalue weighted by molar-refractivity contribution is 6.02. The predicted molar refractivity (Wildman–Crippen MR) is 110 cm³/mol. The van der Waals surface area contributed by atoms with Gasteiger partial charge in [0, 0.05) is 19.0 Å². The van der Waals surface area contributed by atoms with Crippen LogP contribution in [0.25, 0.3) is 11.0 Å². The number of hydrogen-bond acceptors (Lipinski definition) is 5. The fourth-order valence-corrected chi connectivity index (χ4v) is 3.22. The number of aryl methyl sites for hydroxylation is 1. The number of amides is 1. The van der Waals surface area contributed by atoms with Crippen molar-refractivity contribution in [2.75, 3.05) is 19.5 Å². The monoisotopic (exact) mass is 391 g/mol. The summed E-state index contributed by atoms with van der Waals surface area (Å²) in [5.41, 5.74) is 2.66. The average molecular weight is 391 g/mol. The highest BCUT2D eigenvalue weighted by Crippen LogP contribution is 2.27. The lowest BCUT2D eigenvalue weighted by Gasteiger charge is -2.09. The lowest BCUT2D eigenvalue weighted by Crippen LogP contribution is -2.14. The summed E-state index contributed by atoms with van der Waals surface area (Å²) in [5, 5.41) is 2.81. The van der Waals surface area contributed by atoms with Crippen molar-refractivity contribution in [1.29, 1.82) is 0 Å². The second-order valence-electron chi connectivity index (χ2n) is 6.56. The maximum atomic E-state index is 12.6. The molecule has 2 aromatic carbocycles. The van der Waals surface area contributed by atoms with Gasteiger partial charge in [0.05, 0.1) is 25.3 Å². The predicted octanol–water partition coefficient (Wildman–Crippen LogP) is 4.03. The smallest absolute Gasteiger partial charge is 0.293 e. The Balaban J connectivity index is 1.53. The fourth-order valence-electron chi connectivity index (χ4n) is 3.22. The molecule has 0 atom stereocenters. The summed E-state index contributed by atoms with van der Waals surface area (Å²) < 4.78 is 18.3. The zero-order valence-electron chi connectivity index (χ0n) is 16.4. The van der Waals surface area contributed by atoms with Crippen molar-refractivity contribution in [2.45, 2.75) is 6.42 Å². The van der Waals surface area contributed by atoms with Crippen LogP contribution in [0.5, 0.6) is 11.5 Å². The summed E-state index contributed by atoms with van der Waals surface area (Å²) in [4.78, 5) is 17.1. The third-order valence-corrected chi connectivity index (χ3v) is 4.75. The maximum Gasteiger partial charge on any atom is 0.293 e. The number of furan rings is 1. The number of imidazole rings is 1. The van der Waals surface area contributed by atoms with E-state index in [1.165, 1.54) is 0 Å². The van der Waals surface area contributed by atoms with E-state index in [0.29, 0.717) is 18.1 Å². The number of hydrogen-bond donors (Lipinski definition) is 1. The van der Waals surface area contributed by atoms with Crippen LogP contribution in [-0.2, 0) is 13.5 Å². The van der Waals surface area contributed by atoms with Crippen LogP contribution in [0.15, 0.2) is 59.0 Å². The first-order valence-electron chi connectivity index (χ1n) is 9.11. The molecule has 0 aliphatic carbocycles. The number of nitrogens with one attached hydrogen (secondary N) is 1. The molecule has 1 N–H and O–H groups in total. The van der Waals surface area contributed by atoms with Crippen LogP contribution in [0.3, 0.4) is 0 Å². The van der Waals surface area contributed by atoms with Crippen molar-refractivity contribution in [1.82, 2.24) is 9.55 Å². The minimum Gasteiger partial charge on any atom is -0.497 e. The van der Waals surface area contributed by atoms with Gasteiger partial charge in [-0.05, 0) is 42.5 Å². The van der Waals surface area contributed by atoms with Gasteiger partial charge in [0.2, 0.25) is 5.95 Å². The van der Waals surface area contributed by atoms with Crippen LogP contribution in [0.4, 0.5) is 5.95 Å². The van der Waals surface area contributed by atoms with E-state index in [4.69, 9.17) is 13.9 Å². The molecule has 1 amide bonds. The highest BCUT2D eigenvalue weighted by Gasteiger charge is 2.16. The van der Waals surface area contributed by atoms with E-state index in [1.54, 1.807) is 26.4 Å². The third-order valence-electron chi connectivity index (χ3n) is 4.75. The number of ether oxygens (including phenoxy) is 2. The zero-order valence-corrected chi connectivity index (χ0v) is 16.4. The number of methoxy groups -OCH3 is 2. The number of benzene rings is 2. The molecule has 2 aromatic heterocycles. The number of anilines is 1. The first-order valence-corrected chi connectivity index (χ1v) is 9.11. The van der Waals surface area contributed by atoms with Crippen molar-refractivity contribution in [3.8, 4) is 11.5 Å². The molecule has 0 aliphatic rings. The van der Waals surface area contributed by atoms with Crippen molar-refractivity contribution in [2.24, 2.45) is 7.05 Å². The molecule has 0 spiro atoms. The van der Waals surface area contributed by atoms with Gasteiger partial charge in [-0.2, -0.15) is 0 Å². The zero-order chi connectivity index (χ0) is 20.4. The van der Waals surface area contributed by atoms with Crippen LogP contribution in [-0.4, -0.2) is 29.7 Å². The number of carbonyl (C=O) groups is 1. The molecule has 7 nitrogen and oxygen atoms in total. The topological polar surface area (TPSA) is 78.5 Å². The van der Waals surface area contributed by atoms with Crippen molar-refractivity contribution in [3.63, 3.8) is 0 Å². The Labute approximate surface area is 167 Å². The van der Waals surface area contributed by atoms with Crippen LogP contribution in [0.1, 0.15) is 21.9 Å². The largest absolute Gasteiger partial charge is 0.497 e. The van der Waals surface area contributed by atoms with Gasteiger partial charge in [0.25, 0.3) is 5.91 Å². The maximum absolute atomic E-state index is 12.6. The molecule has 7 heteroatoms. The molecule has 4 rings (SSSR count). The SMILES string of the molecule is COc1ccc(OC)c(Cc2ccc(C(=O)Nc3nc4ccccc4n3C)o2)c1. The molecular formula is C22H21N3O4. The molecule has 0 saturated heterocycles. The van der Waals surface area contributed by atoms with Crippen LogP contribution in [0.2, 0.25) is 0 Å². The first kappa shape index (κ1) is 18.6. The van der Waals surface area contributed by atoms with Crippen LogP contribution in [0, 0.1) is 0 Å². The number of rotatable bonds is 6. The first-order chi connectivity index (χ1) is 14.1. The standard InChI is InChI=1S/C22H21N3O4/c1-25-18-7-5-4-6-17(18)23-22(25)24-21(26)20-11-9-16(29-20)13-14-12-15(27-2)8-10-19(14)28-3/h4-12H,13H2,1-3H3,(H,23,24,26). The molecule has 0 bridgehead atoms. The Hall–Kier alpha value is -3.74. The van der Waals surface area contributed by atoms with Gasteiger partial charge < -0.3 is 18.5 Å². The van der Waals surface area contributed by atoms with E-state index >= 15 is 0 Å². The number of carbonyl (C=O) groups excluding carboxylic acids is 1. The summed E-state index contributed by atoms with van der Waals surface area (Å²) in [5.74, 6) is 2.43. The second-order valence-corrected chi connectivity index (χ2v) is 6.56. The molecule has 0 fully saturated rings. The van der Waals surface area contributed by atoms with Crippen molar-refractivity contribution in [3.05, 3.63) is 71.7 Å².